The molecule has 0 aliphatic heterocycles. The summed E-state index contributed by atoms with van der Waals surface area (Å²) in [6.07, 6.45) is 0.0622. The largest absolute Gasteiger partial charge is 0.481 e. The molecule has 0 aromatic heterocycles. The average molecular weight is 265 g/mol. The maximum atomic E-state index is 10.8. The third-order valence-corrected chi connectivity index (χ3v) is 2.86. The molecule has 106 valence electrons. The van der Waals surface area contributed by atoms with Gasteiger partial charge in [-0.1, -0.05) is 24.3 Å². The maximum absolute atomic E-state index is 10.8. The normalized spacial score (nSPS) is 11.5. The first-order valence-electron chi connectivity index (χ1n) is 6.58. The summed E-state index contributed by atoms with van der Waals surface area (Å²) in [6, 6.07) is 7.61. The lowest BCUT2D eigenvalue weighted by atomic mass is 10.0. The van der Waals surface area contributed by atoms with Crippen LogP contribution in [-0.4, -0.2) is 29.8 Å². The van der Waals surface area contributed by atoms with Crippen LogP contribution in [0.2, 0.25) is 0 Å². The first-order valence-corrected chi connectivity index (χ1v) is 6.58. The minimum atomic E-state index is -0.804. The molecule has 0 aliphatic rings. The molecule has 4 nitrogen and oxygen atoms in total. The average Bonchev–Trinajstić information content (AvgIpc) is 2.30. The Balaban J connectivity index is 2.55. The molecule has 2 N–H and O–H groups in total. The van der Waals surface area contributed by atoms with Crippen LogP contribution in [0.1, 0.15) is 31.9 Å². The molecule has 1 aromatic rings. The number of carboxylic acids is 1. The second-order valence-electron chi connectivity index (χ2n) is 5.14. The predicted molar refractivity (Wildman–Crippen MR) is 75.2 cm³/mol. The molecule has 0 atom stereocenters. The van der Waals surface area contributed by atoms with Crippen LogP contribution < -0.4 is 5.32 Å². The van der Waals surface area contributed by atoms with Crippen molar-refractivity contribution in [3.8, 4) is 0 Å². The Labute approximate surface area is 114 Å². The number of benzene rings is 1. The lowest BCUT2D eigenvalue weighted by Gasteiger charge is -2.25. The van der Waals surface area contributed by atoms with Gasteiger partial charge in [-0.2, -0.15) is 0 Å². The van der Waals surface area contributed by atoms with Crippen LogP contribution in [0, 0.1) is 0 Å². The smallest absolute Gasteiger partial charge is 0.307 e. The van der Waals surface area contributed by atoms with E-state index in [-0.39, 0.29) is 12.0 Å². The molecule has 19 heavy (non-hydrogen) atoms. The van der Waals surface area contributed by atoms with Crippen LogP contribution in [0.25, 0.3) is 0 Å². The van der Waals surface area contributed by atoms with Gasteiger partial charge in [0, 0.05) is 19.7 Å². The van der Waals surface area contributed by atoms with Crippen molar-refractivity contribution in [1.29, 1.82) is 0 Å². The van der Waals surface area contributed by atoms with E-state index in [1.807, 2.05) is 45.0 Å². The minimum absolute atomic E-state index is 0.0622. The molecule has 0 saturated heterocycles. The fraction of sp³-hybridized carbons (Fsp3) is 0.533. The standard InChI is InChI=1S/C15H23NO3/c1-4-19-15(2,3)11-16-10-13-8-6-5-7-12(13)9-14(17)18/h5-8,16H,4,9-11H2,1-3H3,(H,17,18). The number of rotatable bonds is 8. The van der Waals surface area contributed by atoms with Crippen molar-refractivity contribution in [2.75, 3.05) is 13.2 Å². The van der Waals surface area contributed by atoms with Crippen LogP contribution in [0.15, 0.2) is 24.3 Å². The van der Waals surface area contributed by atoms with Crippen LogP contribution >= 0.6 is 0 Å². The zero-order chi connectivity index (χ0) is 14.3. The van der Waals surface area contributed by atoms with E-state index in [0.29, 0.717) is 13.2 Å². The second-order valence-corrected chi connectivity index (χ2v) is 5.14. The Kier molecular flexibility index (Phi) is 5.99. The van der Waals surface area contributed by atoms with Crippen molar-refractivity contribution in [2.45, 2.75) is 39.3 Å². The summed E-state index contributed by atoms with van der Waals surface area (Å²) in [5.74, 6) is -0.804. The molecule has 0 spiro atoms. The van der Waals surface area contributed by atoms with E-state index in [9.17, 15) is 4.79 Å². The van der Waals surface area contributed by atoms with Crippen LogP contribution in [0.3, 0.4) is 0 Å². The number of hydrogen-bond donors (Lipinski definition) is 2. The number of aliphatic carboxylic acids is 1. The van der Waals surface area contributed by atoms with Crippen molar-refractivity contribution in [2.24, 2.45) is 0 Å². The first kappa shape index (κ1) is 15.7. The Morgan fingerprint density at radius 3 is 2.53 bits per heavy atom. The third kappa shape index (κ3) is 5.85. The summed E-state index contributed by atoms with van der Waals surface area (Å²) in [7, 11) is 0. The summed E-state index contributed by atoms with van der Waals surface area (Å²) < 4.78 is 5.61. The quantitative estimate of drug-likeness (QED) is 0.756. The third-order valence-electron chi connectivity index (χ3n) is 2.86. The van der Waals surface area contributed by atoms with Gasteiger partial charge in [-0.15, -0.1) is 0 Å². The van der Waals surface area contributed by atoms with Gasteiger partial charge in [-0.05, 0) is 31.9 Å². The molecule has 1 rings (SSSR count). The molecule has 0 bridgehead atoms. The fourth-order valence-corrected chi connectivity index (χ4v) is 2.01. The van der Waals surface area contributed by atoms with Gasteiger partial charge in [0.1, 0.15) is 0 Å². The van der Waals surface area contributed by atoms with Crippen molar-refractivity contribution >= 4 is 5.97 Å². The molecule has 0 heterocycles. The lowest BCUT2D eigenvalue weighted by molar-refractivity contribution is -0.136. The molecule has 1 aromatic carbocycles. The fourth-order valence-electron chi connectivity index (χ4n) is 2.01. The van der Waals surface area contributed by atoms with Crippen molar-refractivity contribution in [1.82, 2.24) is 5.32 Å². The molecule has 0 fully saturated rings. The summed E-state index contributed by atoms with van der Waals surface area (Å²) in [6.45, 7) is 8.11. The molecular formula is C15H23NO3. The zero-order valence-corrected chi connectivity index (χ0v) is 11.9. The topological polar surface area (TPSA) is 58.6 Å². The van der Waals surface area contributed by atoms with E-state index in [0.717, 1.165) is 17.7 Å². The summed E-state index contributed by atoms with van der Waals surface area (Å²) in [5, 5.41) is 12.2. The van der Waals surface area contributed by atoms with E-state index in [2.05, 4.69) is 5.32 Å². The molecule has 0 saturated carbocycles. The van der Waals surface area contributed by atoms with Gasteiger partial charge in [0.2, 0.25) is 0 Å². The SMILES string of the molecule is CCOC(C)(C)CNCc1ccccc1CC(=O)O. The van der Waals surface area contributed by atoms with Gasteiger partial charge in [0.15, 0.2) is 0 Å². The van der Waals surface area contributed by atoms with Gasteiger partial charge < -0.3 is 15.2 Å². The second kappa shape index (κ2) is 7.26. The molecule has 0 radical (unpaired) electrons. The van der Waals surface area contributed by atoms with Crippen molar-refractivity contribution in [3.63, 3.8) is 0 Å². The van der Waals surface area contributed by atoms with Gasteiger partial charge in [0.25, 0.3) is 0 Å². The number of hydrogen-bond acceptors (Lipinski definition) is 3. The molecule has 0 amide bonds. The summed E-state index contributed by atoms with van der Waals surface area (Å²) in [4.78, 5) is 10.8. The number of nitrogens with one attached hydrogen (secondary N) is 1. The highest BCUT2D eigenvalue weighted by molar-refractivity contribution is 5.70. The van der Waals surface area contributed by atoms with E-state index >= 15 is 0 Å². The maximum Gasteiger partial charge on any atom is 0.307 e. The lowest BCUT2D eigenvalue weighted by Crippen LogP contribution is -2.37. The predicted octanol–water partition coefficient (Wildman–Crippen LogP) is 2.22. The summed E-state index contributed by atoms with van der Waals surface area (Å²) in [5.41, 5.74) is 1.67. The van der Waals surface area contributed by atoms with Crippen LogP contribution in [0.5, 0.6) is 0 Å². The van der Waals surface area contributed by atoms with Gasteiger partial charge >= 0.3 is 5.97 Å². The molecule has 4 heteroatoms. The first-order chi connectivity index (χ1) is 8.94. The molecule has 0 unspecified atom stereocenters. The Morgan fingerprint density at radius 1 is 1.32 bits per heavy atom. The Morgan fingerprint density at radius 2 is 1.95 bits per heavy atom. The number of carboxylic acid groups (broad SMARTS) is 1. The van der Waals surface area contributed by atoms with E-state index < -0.39 is 5.97 Å². The monoisotopic (exact) mass is 265 g/mol. The van der Waals surface area contributed by atoms with Crippen LogP contribution in [-0.2, 0) is 22.5 Å². The van der Waals surface area contributed by atoms with Crippen LogP contribution in [0.4, 0.5) is 0 Å². The summed E-state index contributed by atoms with van der Waals surface area (Å²) >= 11 is 0. The number of carbonyl (C=O) groups is 1. The van der Waals surface area contributed by atoms with E-state index in [1.54, 1.807) is 0 Å². The number of ether oxygens (including phenoxy) is 1. The Hall–Kier alpha value is -1.39. The highest BCUT2D eigenvalue weighted by Crippen LogP contribution is 2.11. The van der Waals surface area contributed by atoms with Crippen molar-refractivity contribution < 1.29 is 14.6 Å². The zero-order valence-electron chi connectivity index (χ0n) is 11.9. The van der Waals surface area contributed by atoms with Gasteiger partial charge in [-0.25, -0.2) is 0 Å². The highest BCUT2D eigenvalue weighted by Gasteiger charge is 2.16. The van der Waals surface area contributed by atoms with Crippen molar-refractivity contribution in [3.05, 3.63) is 35.4 Å². The Bertz CT molecular complexity index is 416. The van der Waals surface area contributed by atoms with Gasteiger partial charge in [0.05, 0.1) is 12.0 Å². The molecule has 0 aliphatic carbocycles. The van der Waals surface area contributed by atoms with E-state index in [1.165, 1.54) is 0 Å². The molecular weight excluding hydrogens is 242 g/mol. The minimum Gasteiger partial charge on any atom is -0.481 e. The van der Waals surface area contributed by atoms with Gasteiger partial charge in [-0.3, -0.25) is 4.79 Å². The van der Waals surface area contributed by atoms with E-state index in [4.69, 9.17) is 9.84 Å². The highest BCUT2D eigenvalue weighted by atomic mass is 16.5.